The van der Waals surface area contributed by atoms with Gasteiger partial charge in [0.15, 0.2) is 4.96 Å². The lowest BCUT2D eigenvalue weighted by molar-refractivity contribution is 0.214. The second-order valence-corrected chi connectivity index (χ2v) is 2.49. The summed E-state index contributed by atoms with van der Waals surface area (Å²) in [6.07, 6.45) is 0. The van der Waals surface area contributed by atoms with Crippen molar-refractivity contribution in [1.29, 1.82) is 0 Å². The molecule has 54 valence electrons. The summed E-state index contributed by atoms with van der Waals surface area (Å²) in [5, 5.41) is 2.36. The fourth-order valence-corrected chi connectivity index (χ4v) is 0.442. The average molecular weight is 171 g/mol. The van der Waals surface area contributed by atoms with Crippen LogP contribution in [0, 0.1) is 0 Å². The third-order valence-corrected chi connectivity index (χ3v) is 1.41. The lowest BCUT2D eigenvalue weighted by Crippen LogP contribution is -2.37. The Morgan fingerprint density at radius 3 is 2.22 bits per heavy atom. The van der Waals surface area contributed by atoms with Crippen molar-refractivity contribution in [3.05, 3.63) is 0 Å². The van der Waals surface area contributed by atoms with Crippen LogP contribution in [0.4, 0.5) is 4.79 Å². The third kappa shape index (κ3) is 2.77. The zero-order chi connectivity index (χ0) is 7.44. The minimum atomic E-state index is -0.787. The summed E-state index contributed by atoms with van der Waals surface area (Å²) in [6.45, 7) is 0. The molecule has 0 aromatic carbocycles. The maximum absolute atomic E-state index is 10.6. The van der Waals surface area contributed by atoms with Gasteiger partial charge in [-0.2, -0.15) is 0 Å². The maximum atomic E-state index is 10.6. The molecule has 0 aromatic heterocycles. The molecule has 2 amide bonds. The molecule has 0 aliphatic carbocycles. The van der Waals surface area contributed by atoms with E-state index in [0.29, 0.717) is 0 Å². The summed E-state index contributed by atoms with van der Waals surface area (Å²) in [4.78, 5) is 11.0. The second-order valence-electron chi connectivity index (χ2n) is 1.44. The molecule has 0 aromatic rings. The molecule has 0 spiro atoms. The maximum Gasteiger partial charge on any atom is 0.319 e. The van der Waals surface area contributed by atoms with E-state index in [2.05, 4.69) is 5.32 Å². The molecular weight excluding hydrogens is 163 g/mol. The fourth-order valence-electron chi connectivity index (χ4n) is 0.265. The van der Waals surface area contributed by atoms with Gasteiger partial charge in [0, 0.05) is 14.1 Å². The van der Waals surface area contributed by atoms with Crippen LogP contribution in [0.5, 0.6) is 0 Å². The van der Waals surface area contributed by atoms with Crippen molar-refractivity contribution in [2.75, 3.05) is 14.1 Å². The van der Waals surface area contributed by atoms with Crippen LogP contribution in [0.3, 0.4) is 0 Å². The largest absolute Gasteiger partial charge is 0.341 e. The Morgan fingerprint density at radius 1 is 1.67 bits per heavy atom. The van der Waals surface area contributed by atoms with E-state index < -0.39 is 4.96 Å². The van der Waals surface area contributed by atoms with E-state index in [1.807, 2.05) is 0 Å². The number of urea groups is 1. The SMILES string of the molecule is CNC(=O)N(C)C(Cl)Cl. The topological polar surface area (TPSA) is 32.3 Å². The highest BCUT2D eigenvalue weighted by atomic mass is 35.5. The number of alkyl halides is 2. The van der Waals surface area contributed by atoms with Crippen molar-refractivity contribution >= 4 is 29.2 Å². The highest BCUT2D eigenvalue weighted by molar-refractivity contribution is 6.44. The molecule has 3 nitrogen and oxygen atoms in total. The van der Waals surface area contributed by atoms with E-state index in [4.69, 9.17) is 23.2 Å². The number of carbonyl (C=O) groups excluding carboxylic acids is 1. The van der Waals surface area contributed by atoms with E-state index in [1.54, 1.807) is 0 Å². The van der Waals surface area contributed by atoms with Gasteiger partial charge in [0.05, 0.1) is 0 Å². The van der Waals surface area contributed by atoms with Gasteiger partial charge in [0.1, 0.15) is 0 Å². The first kappa shape index (κ1) is 8.85. The number of carbonyl (C=O) groups is 1. The number of hydrogen-bond donors (Lipinski definition) is 1. The first-order chi connectivity index (χ1) is 4.09. The smallest absolute Gasteiger partial charge is 0.319 e. The number of nitrogens with one attached hydrogen (secondary N) is 1. The molecule has 0 bridgehead atoms. The number of amides is 2. The molecule has 0 radical (unpaired) electrons. The minimum absolute atomic E-state index is 0.301. The molecule has 9 heavy (non-hydrogen) atoms. The normalized spacial score (nSPS) is 9.44. The summed E-state index contributed by atoms with van der Waals surface area (Å²) >= 11 is 10.7. The highest BCUT2D eigenvalue weighted by Crippen LogP contribution is 2.05. The average Bonchev–Trinajstić information content (AvgIpc) is 1.84. The Hall–Kier alpha value is -0.150. The molecule has 0 aliphatic heterocycles. The standard InChI is InChI=1S/C4H8Cl2N2O/c1-7-4(9)8(2)3(5)6/h3H,1-2H3,(H,7,9). The predicted octanol–water partition coefficient (Wildman–Crippen LogP) is 1.02. The van der Waals surface area contributed by atoms with Crippen LogP contribution >= 0.6 is 23.2 Å². The van der Waals surface area contributed by atoms with Crippen LogP contribution in [0.2, 0.25) is 0 Å². The van der Waals surface area contributed by atoms with Gasteiger partial charge in [-0.15, -0.1) is 0 Å². The number of halogens is 2. The summed E-state index contributed by atoms with van der Waals surface area (Å²) in [5.74, 6) is 0. The van der Waals surface area contributed by atoms with E-state index in [-0.39, 0.29) is 6.03 Å². The van der Waals surface area contributed by atoms with Crippen molar-refractivity contribution in [2.24, 2.45) is 0 Å². The van der Waals surface area contributed by atoms with Crippen LogP contribution in [-0.4, -0.2) is 30.0 Å². The van der Waals surface area contributed by atoms with Gasteiger partial charge in [-0.1, -0.05) is 23.2 Å². The van der Waals surface area contributed by atoms with E-state index in [9.17, 15) is 4.79 Å². The van der Waals surface area contributed by atoms with Crippen molar-refractivity contribution in [1.82, 2.24) is 10.2 Å². The van der Waals surface area contributed by atoms with Crippen LogP contribution in [0.25, 0.3) is 0 Å². The molecule has 0 fully saturated rings. The van der Waals surface area contributed by atoms with E-state index in [0.717, 1.165) is 0 Å². The van der Waals surface area contributed by atoms with Gasteiger partial charge in [-0.3, -0.25) is 4.90 Å². The first-order valence-corrected chi connectivity index (χ1v) is 3.19. The summed E-state index contributed by atoms with van der Waals surface area (Å²) in [7, 11) is 3.01. The Kier molecular flexibility index (Phi) is 3.73. The van der Waals surface area contributed by atoms with E-state index >= 15 is 0 Å². The Balaban J connectivity index is 3.72. The molecule has 0 rings (SSSR count). The monoisotopic (exact) mass is 170 g/mol. The zero-order valence-electron chi connectivity index (χ0n) is 5.19. The Labute approximate surface area is 63.9 Å². The lowest BCUT2D eigenvalue weighted by atomic mass is 10.8. The van der Waals surface area contributed by atoms with E-state index in [1.165, 1.54) is 19.0 Å². The molecule has 0 aliphatic rings. The summed E-state index contributed by atoms with van der Waals surface area (Å²) < 4.78 is 0. The van der Waals surface area contributed by atoms with Gasteiger partial charge in [0.2, 0.25) is 0 Å². The fraction of sp³-hybridized carbons (Fsp3) is 0.750. The van der Waals surface area contributed by atoms with Gasteiger partial charge in [-0.05, 0) is 0 Å². The molecule has 1 N–H and O–H groups in total. The van der Waals surface area contributed by atoms with Gasteiger partial charge in [-0.25, -0.2) is 4.79 Å². The quantitative estimate of drug-likeness (QED) is 0.463. The first-order valence-electron chi connectivity index (χ1n) is 2.32. The second kappa shape index (κ2) is 3.80. The zero-order valence-corrected chi connectivity index (χ0v) is 6.70. The number of nitrogens with zero attached hydrogens (tertiary/aromatic N) is 1. The van der Waals surface area contributed by atoms with Crippen molar-refractivity contribution < 1.29 is 4.79 Å². The third-order valence-electron chi connectivity index (χ3n) is 0.827. The van der Waals surface area contributed by atoms with Gasteiger partial charge in [0.25, 0.3) is 0 Å². The number of rotatable bonds is 1. The molecule has 0 heterocycles. The predicted molar refractivity (Wildman–Crippen MR) is 37.7 cm³/mol. The molecular formula is C4H8Cl2N2O. The van der Waals surface area contributed by atoms with Gasteiger partial charge >= 0.3 is 6.03 Å². The van der Waals surface area contributed by atoms with Gasteiger partial charge < -0.3 is 5.32 Å². The van der Waals surface area contributed by atoms with Crippen molar-refractivity contribution in [3.8, 4) is 0 Å². The van der Waals surface area contributed by atoms with Crippen LogP contribution < -0.4 is 5.32 Å². The van der Waals surface area contributed by atoms with Crippen LogP contribution in [0.1, 0.15) is 0 Å². The summed E-state index contributed by atoms with van der Waals surface area (Å²) in [5.41, 5.74) is 0. The van der Waals surface area contributed by atoms with Crippen molar-refractivity contribution in [2.45, 2.75) is 4.96 Å². The molecule has 0 saturated carbocycles. The lowest BCUT2D eigenvalue weighted by Gasteiger charge is -2.16. The van der Waals surface area contributed by atoms with Crippen LogP contribution in [0.15, 0.2) is 0 Å². The highest BCUT2D eigenvalue weighted by Gasteiger charge is 2.11. The molecule has 0 atom stereocenters. The molecule has 0 saturated heterocycles. The minimum Gasteiger partial charge on any atom is -0.341 e. The summed E-state index contributed by atoms with van der Waals surface area (Å²) in [6, 6.07) is -0.301. The Morgan fingerprint density at radius 2 is 2.11 bits per heavy atom. The van der Waals surface area contributed by atoms with Crippen LogP contribution in [-0.2, 0) is 0 Å². The molecule has 5 heteroatoms. The Bertz CT molecular complexity index is 107. The molecule has 0 unspecified atom stereocenters. The number of hydrogen-bond acceptors (Lipinski definition) is 1. The van der Waals surface area contributed by atoms with Crippen molar-refractivity contribution in [3.63, 3.8) is 0 Å².